The molecule has 2 rings (SSSR count). The third kappa shape index (κ3) is 2.37. The van der Waals surface area contributed by atoms with Crippen LogP contribution in [0.1, 0.15) is 18.3 Å². The number of halogens is 1. The monoisotopic (exact) mass is 268 g/mol. The van der Waals surface area contributed by atoms with Gasteiger partial charge in [-0.1, -0.05) is 6.92 Å². The number of nitrogens with zero attached hydrogens (tertiary/aromatic N) is 4. The third-order valence-corrected chi connectivity index (χ3v) is 3.60. The highest BCUT2D eigenvalue weighted by molar-refractivity contribution is 7.99. The second kappa shape index (κ2) is 5.45. The van der Waals surface area contributed by atoms with E-state index < -0.39 is 5.82 Å². The largest absolute Gasteiger partial charge is 0.390 e. The lowest BCUT2D eigenvalue weighted by molar-refractivity contribution is 0.271. The van der Waals surface area contributed by atoms with Gasteiger partial charge in [0.1, 0.15) is 11.4 Å². The summed E-state index contributed by atoms with van der Waals surface area (Å²) >= 11 is 1.12. The van der Waals surface area contributed by atoms with Crippen molar-refractivity contribution in [3.63, 3.8) is 0 Å². The quantitative estimate of drug-likeness (QED) is 0.852. The molecule has 0 saturated carbocycles. The van der Waals surface area contributed by atoms with Crippen LogP contribution in [0.4, 0.5) is 4.39 Å². The molecule has 0 saturated heterocycles. The van der Waals surface area contributed by atoms with Crippen LogP contribution in [0.2, 0.25) is 0 Å². The summed E-state index contributed by atoms with van der Waals surface area (Å²) in [7, 11) is 1.76. The minimum Gasteiger partial charge on any atom is -0.390 e. The van der Waals surface area contributed by atoms with E-state index in [9.17, 15) is 4.39 Å². The Bertz CT molecular complexity index is 558. The van der Waals surface area contributed by atoms with Crippen molar-refractivity contribution in [2.24, 2.45) is 7.05 Å². The van der Waals surface area contributed by atoms with Crippen molar-refractivity contribution < 1.29 is 9.50 Å². The van der Waals surface area contributed by atoms with Crippen molar-refractivity contribution in [1.82, 2.24) is 19.5 Å². The maximum Gasteiger partial charge on any atom is 0.177 e. The van der Waals surface area contributed by atoms with Gasteiger partial charge in [0.15, 0.2) is 11.0 Å². The molecule has 0 atom stereocenters. The zero-order valence-electron chi connectivity index (χ0n) is 10.1. The molecule has 0 aliphatic rings. The Morgan fingerprint density at radius 2 is 2.17 bits per heavy atom. The predicted octanol–water partition coefficient (Wildman–Crippen LogP) is 1.56. The normalized spacial score (nSPS) is 10.9. The van der Waals surface area contributed by atoms with Crippen molar-refractivity contribution in [1.29, 1.82) is 0 Å². The molecule has 1 N–H and O–H groups in total. The molecule has 0 fully saturated rings. The highest BCUT2D eigenvalue weighted by atomic mass is 32.2. The van der Waals surface area contributed by atoms with Gasteiger partial charge in [0, 0.05) is 7.05 Å². The highest BCUT2D eigenvalue weighted by Crippen LogP contribution is 2.27. The lowest BCUT2D eigenvalue weighted by Gasteiger charge is -2.05. The van der Waals surface area contributed by atoms with Gasteiger partial charge in [-0.3, -0.25) is 0 Å². The van der Waals surface area contributed by atoms with E-state index in [0.29, 0.717) is 23.0 Å². The summed E-state index contributed by atoms with van der Waals surface area (Å²) in [6, 6.07) is 0. The number of aliphatic hydroxyl groups is 1. The Hall–Kier alpha value is -1.47. The van der Waals surface area contributed by atoms with Gasteiger partial charge in [-0.25, -0.2) is 19.3 Å². The van der Waals surface area contributed by atoms with Gasteiger partial charge >= 0.3 is 0 Å². The molecular weight excluding hydrogens is 255 g/mol. The smallest absolute Gasteiger partial charge is 0.177 e. The summed E-state index contributed by atoms with van der Waals surface area (Å²) in [5, 5.41) is 9.90. The molecular formula is C11H13FN4OS. The lowest BCUT2D eigenvalue weighted by atomic mass is 10.3. The topological polar surface area (TPSA) is 63.8 Å². The fourth-order valence-corrected chi connectivity index (χ4v) is 2.30. The van der Waals surface area contributed by atoms with Gasteiger partial charge in [-0.15, -0.1) is 0 Å². The van der Waals surface area contributed by atoms with Gasteiger partial charge in [0.25, 0.3) is 0 Å². The first-order chi connectivity index (χ1) is 8.67. The number of hydrogen-bond donors (Lipinski definition) is 1. The average molecular weight is 268 g/mol. The van der Waals surface area contributed by atoms with E-state index in [1.165, 1.54) is 6.33 Å². The first-order valence-electron chi connectivity index (χ1n) is 5.46. The Kier molecular flexibility index (Phi) is 3.93. The van der Waals surface area contributed by atoms with Crippen molar-refractivity contribution in [3.05, 3.63) is 29.7 Å². The second-order valence-corrected chi connectivity index (χ2v) is 4.60. The second-order valence-electron chi connectivity index (χ2n) is 3.64. The molecule has 0 unspecified atom stereocenters. The maximum atomic E-state index is 13.9. The summed E-state index contributed by atoms with van der Waals surface area (Å²) in [4.78, 5) is 11.9. The van der Waals surface area contributed by atoms with Gasteiger partial charge in [0.05, 0.1) is 24.2 Å². The van der Waals surface area contributed by atoms with E-state index in [0.717, 1.165) is 11.8 Å². The predicted molar refractivity (Wildman–Crippen MR) is 64.6 cm³/mol. The fourth-order valence-electron chi connectivity index (χ4n) is 1.46. The summed E-state index contributed by atoms with van der Waals surface area (Å²) in [6.45, 7) is 1.74. The molecule has 0 amide bonds. The van der Waals surface area contributed by atoms with Crippen molar-refractivity contribution in [2.45, 2.75) is 30.1 Å². The average Bonchev–Trinajstić information content (AvgIpc) is 2.73. The van der Waals surface area contributed by atoms with Crippen LogP contribution in [-0.2, 0) is 20.1 Å². The number of aliphatic hydroxyl groups excluding tert-OH is 1. The Balaban J connectivity index is 2.31. The van der Waals surface area contributed by atoms with Crippen molar-refractivity contribution >= 4 is 11.8 Å². The van der Waals surface area contributed by atoms with E-state index in [1.807, 2.05) is 6.92 Å². The van der Waals surface area contributed by atoms with Crippen LogP contribution in [0, 0.1) is 5.82 Å². The third-order valence-electron chi connectivity index (χ3n) is 2.56. The zero-order chi connectivity index (χ0) is 13.1. The number of hydrogen-bond acceptors (Lipinski definition) is 5. The minimum atomic E-state index is -0.404. The van der Waals surface area contributed by atoms with Crippen LogP contribution in [0.25, 0.3) is 0 Å². The van der Waals surface area contributed by atoms with Crippen molar-refractivity contribution in [3.8, 4) is 0 Å². The zero-order valence-corrected chi connectivity index (χ0v) is 10.9. The lowest BCUT2D eigenvalue weighted by Crippen LogP contribution is -2.00. The van der Waals surface area contributed by atoms with E-state index in [4.69, 9.17) is 5.11 Å². The number of aryl methyl sites for hydroxylation is 1. The molecule has 0 spiro atoms. The summed E-state index contributed by atoms with van der Waals surface area (Å²) in [5.41, 5.74) is 1.06. The number of rotatable bonds is 4. The van der Waals surface area contributed by atoms with Crippen LogP contribution in [0.5, 0.6) is 0 Å². The molecule has 18 heavy (non-hydrogen) atoms. The first-order valence-corrected chi connectivity index (χ1v) is 6.27. The number of aromatic nitrogens is 4. The molecule has 7 heteroatoms. The summed E-state index contributed by atoms with van der Waals surface area (Å²) in [5.74, 6) is -0.404. The molecule has 5 nitrogen and oxygen atoms in total. The summed E-state index contributed by atoms with van der Waals surface area (Å²) < 4.78 is 15.7. The minimum absolute atomic E-state index is 0.101. The van der Waals surface area contributed by atoms with Crippen LogP contribution >= 0.6 is 11.8 Å². The maximum absolute atomic E-state index is 13.9. The molecule has 0 aromatic carbocycles. The Morgan fingerprint density at radius 1 is 1.39 bits per heavy atom. The van der Waals surface area contributed by atoms with Gasteiger partial charge in [-0.2, -0.15) is 0 Å². The molecule has 2 heterocycles. The Morgan fingerprint density at radius 3 is 2.78 bits per heavy atom. The molecule has 0 radical (unpaired) electrons. The fraction of sp³-hybridized carbons (Fsp3) is 0.364. The standard InChI is InChI=1S/C11H13FN4OS/c1-3-8-9(12)10(15-6-14-8)18-11-13-4-7(5-17)16(11)2/h4,6,17H,3,5H2,1-2H3. The van der Waals surface area contributed by atoms with E-state index in [1.54, 1.807) is 17.8 Å². The van der Waals surface area contributed by atoms with Gasteiger partial charge in [-0.05, 0) is 18.2 Å². The SMILES string of the molecule is CCc1ncnc(Sc2ncc(CO)n2C)c1F. The van der Waals surface area contributed by atoms with Crippen LogP contribution in [-0.4, -0.2) is 24.6 Å². The van der Waals surface area contributed by atoms with Gasteiger partial charge in [0.2, 0.25) is 0 Å². The van der Waals surface area contributed by atoms with E-state index >= 15 is 0 Å². The van der Waals surface area contributed by atoms with Crippen LogP contribution in [0.15, 0.2) is 22.7 Å². The number of imidazole rings is 1. The van der Waals surface area contributed by atoms with Crippen LogP contribution in [0.3, 0.4) is 0 Å². The van der Waals surface area contributed by atoms with Crippen molar-refractivity contribution in [2.75, 3.05) is 0 Å². The van der Waals surface area contributed by atoms with E-state index in [2.05, 4.69) is 15.0 Å². The van der Waals surface area contributed by atoms with Crippen LogP contribution < -0.4 is 0 Å². The first kappa shape index (κ1) is 13.0. The molecule has 96 valence electrons. The molecule has 0 aliphatic heterocycles. The van der Waals surface area contributed by atoms with Gasteiger partial charge < -0.3 is 9.67 Å². The summed E-state index contributed by atoms with van der Waals surface area (Å²) in [6.07, 6.45) is 3.42. The molecule has 2 aromatic rings. The van der Waals surface area contributed by atoms with E-state index in [-0.39, 0.29) is 11.6 Å². The molecule has 0 aliphatic carbocycles. The highest BCUT2D eigenvalue weighted by Gasteiger charge is 2.14. The molecule has 0 bridgehead atoms. The molecule has 2 aromatic heterocycles. The Labute approximate surface area is 108 Å².